The lowest BCUT2D eigenvalue weighted by Gasteiger charge is -2.17. The lowest BCUT2D eigenvalue weighted by atomic mass is 10.1. The molecule has 0 aromatic heterocycles. The van der Waals surface area contributed by atoms with Crippen LogP contribution in [-0.4, -0.2) is 64.9 Å². The van der Waals surface area contributed by atoms with Crippen LogP contribution in [0.3, 0.4) is 0 Å². The van der Waals surface area contributed by atoms with Gasteiger partial charge in [-0.1, -0.05) is 18.2 Å². The molecular weight excluding hydrogens is 456 g/mol. The molecule has 1 N–H and O–H groups in total. The molecule has 0 saturated heterocycles. The van der Waals surface area contributed by atoms with Crippen molar-refractivity contribution in [1.82, 2.24) is 10.2 Å². The third kappa shape index (κ3) is 9.11. The summed E-state index contributed by atoms with van der Waals surface area (Å²) in [6, 6.07) is 9.89. The number of methoxy groups -OCH3 is 3. The molecular formula is C29H42N2O5. The fraction of sp³-hybridized carbons (Fsp3) is 0.483. The molecule has 2 aromatic rings. The molecule has 0 unspecified atom stereocenters. The number of nitrogens with zero attached hydrogens (tertiary/aromatic N) is 1. The first-order chi connectivity index (χ1) is 17.3. The van der Waals surface area contributed by atoms with Gasteiger partial charge in [0.2, 0.25) is 5.91 Å². The highest BCUT2D eigenvalue weighted by molar-refractivity contribution is 5.78. The zero-order chi connectivity index (χ0) is 26.5. The Balaban J connectivity index is 1.74. The van der Waals surface area contributed by atoms with Crippen LogP contribution in [-0.2, 0) is 11.2 Å². The minimum Gasteiger partial charge on any atom is -0.496 e. The van der Waals surface area contributed by atoms with Gasteiger partial charge in [-0.25, -0.2) is 0 Å². The van der Waals surface area contributed by atoms with Crippen LogP contribution in [0.5, 0.6) is 23.0 Å². The minimum absolute atomic E-state index is 0.00999. The average molecular weight is 499 g/mol. The summed E-state index contributed by atoms with van der Waals surface area (Å²) in [6.45, 7) is 8.45. The Morgan fingerprint density at radius 1 is 1.00 bits per heavy atom. The molecule has 1 amide bonds. The molecule has 0 saturated carbocycles. The SMILES string of the molecule is COc1ccc(CCN(C)CCCNC(=O)C/C=C/c2ccc(OC)c(C)c2OC(C)C)cc1OC. The number of ether oxygens (including phenoxy) is 4. The number of hydrogen-bond donors (Lipinski definition) is 1. The molecule has 0 aliphatic carbocycles. The first-order valence-corrected chi connectivity index (χ1v) is 12.5. The molecule has 36 heavy (non-hydrogen) atoms. The van der Waals surface area contributed by atoms with Crippen molar-refractivity contribution in [3.05, 3.63) is 53.1 Å². The third-order valence-corrected chi connectivity index (χ3v) is 5.83. The quantitative estimate of drug-likeness (QED) is 0.353. The van der Waals surface area contributed by atoms with Crippen LogP contribution in [0, 0.1) is 6.92 Å². The summed E-state index contributed by atoms with van der Waals surface area (Å²) in [5, 5.41) is 3.00. The van der Waals surface area contributed by atoms with Crippen LogP contribution in [0.15, 0.2) is 36.4 Å². The van der Waals surface area contributed by atoms with Crippen LogP contribution >= 0.6 is 0 Å². The largest absolute Gasteiger partial charge is 0.496 e. The number of hydrogen-bond acceptors (Lipinski definition) is 6. The topological polar surface area (TPSA) is 69.3 Å². The fourth-order valence-electron chi connectivity index (χ4n) is 3.85. The molecule has 0 fully saturated rings. The van der Waals surface area contributed by atoms with Crippen molar-refractivity contribution in [3.63, 3.8) is 0 Å². The summed E-state index contributed by atoms with van der Waals surface area (Å²) in [4.78, 5) is 14.6. The second kappa shape index (κ2) is 15.0. The fourth-order valence-corrected chi connectivity index (χ4v) is 3.85. The maximum absolute atomic E-state index is 12.3. The van der Waals surface area contributed by atoms with Gasteiger partial charge in [0.15, 0.2) is 11.5 Å². The van der Waals surface area contributed by atoms with Gasteiger partial charge in [-0.3, -0.25) is 4.79 Å². The predicted octanol–water partition coefficient (Wildman–Crippen LogP) is 4.89. The lowest BCUT2D eigenvalue weighted by molar-refractivity contribution is -0.120. The summed E-state index contributed by atoms with van der Waals surface area (Å²) >= 11 is 0. The second-order valence-electron chi connectivity index (χ2n) is 9.03. The van der Waals surface area contributed by atoms with E-state index in [1.165, 1.54) is 5.56 Å². The lowest BCUT2D eigenvalue weighted by Crippen LogP contribution is -2.28. The normalized spacial score (nSPS) is 11.2. The van der Waals surface area contributed by atoms with Crippen molar-refractivity contribution in [2.75, 3.05) is 48.0 Å². The van der Waals surface area contributed by atoms with Crippen LogP contribution < -0.4 is 24.3 Å². The van der Waals surface area contributed by atoms with E-state index in [9.17, 15) is 4.79 Å². The van der Waals surface area contributed by atoms with E-state index in [1.54, 1.807) is 21.3 Å². The number of likely N-dealkylation sites (N-methyl/N-ethyl adjacent to an activating group) is 1. The Labute approximate surface area is 216 Å². The molecule has 7 nitrogen and oxygen atoms in total. The van der Waals surface area contributed by atoms with E-state index in [0.29, 0.717) is 13.0 Å². The first-order valence-electron chi connectivity index (χ1n) is 12.5. The zero-order valence-electron chi connectivity index (χ0n) is 22.8. The van der Waals surface area contributed by atoms with E-state index < -0.39 is 0 Å². The highest BCUT2D eigenvalue weighted by Gasteiger charge is 2.12. The molecule has 0 heterocycles. The summed E-state index contributed by atoms with van der Waals surface area (Å²) in [7, 11) is 7.04. The second-order valence-corrected chi connectivity index (χ2v) is 9.03. The van der Waals surface area contributed by atoms with Gasteiger partial charge in [0.1, 0.15) is 11.5 Å². The average Bonchev–Trinajstić information content (AvgIpc) is 2.87. The van der Waals surface area contributed by atoms with E-state index in [1.807, 2.05) is 57.2 Å². The predicted molar refractivity (Wildman–Crippen MR) is 146 cm³/mol. The van der Waals surface area contributed by atoms with E-state index in [2.05, 4.69) is 23.3 Å². The molecule has 198 valence electrons. The molecule has 0 radical (unpaired) electrons. The maximum atomic E-state index is 12.3. The van der Waals surface area contributed by atoms with Crippen molar-refractivity contribution in [2.45, 2.75) is 46.1 Å². The Bertz CT molecular complexity index is 1000. The number of amides is 1. The number of benzene rings is 2. The maximum Gasteiger partial charge on any atom is 0.223 e. The third-order valence-electron chi connectivity index (χ3n) is 5.83. The molecule has 2 rings (SSSR count). The molecule has 7 heteroatoms. The Morgan fingerprint density at radius 2 is 1.69 bits per heavy atom. The van der Waals surface area contributed by atoms with Gasteiger partial charge in [0.05, 0.1) is 27.4 Å². The molecule has 2 aromatic carbocycles. The monoisotopic (exact) mass is 498 g/mol. The highest BCUT2D eigenvalue weighted by atomic mass is 16.5. The number of carbonyl (C=O) groups is 1. The summed E-state index contributed by atoms with van der Waals surface area (Å²) < 4.78 is 22.1. The molecule has 0 spiro atoms. The highest BCUT2D eigenvalue weighted by Crippen LogP contribution is 2.33. The first kappa shape index (κ1) is 29.0. The zero-order valence-corrected chi connectivity index (χ0v) is 22.8. The molecule has 0 bridgehead atoms. The van der Waals surface area contributed by atoms with E-state index >= 15 is 0 Å². The minimum atomic E-state index is 0.00999. The van der Waals surface area contributed by atoms with E-state index in [0.717, 1.165) is 60.1 Å². The van der Waals surface area contributed by atoms with Crippen LogP contribution in [0.25, 0.3) is 6.08 Å². The summed E-state index contributed by atoms with van der Waals surface area (Å²) in [5.74, 6) is 3.08. The summed E-state index contributed by atoms with van der Waals surface area (Å²) in [6.07, 6.45) is 5.98. The Morgan fingerprint density at radius 3 is 2.36 bits per heavy atom. The number of nitrogens with one attached hydrogen (secondary N) is 1. The molecule has 0 aliphatic heterocycles. The Hall–Kier alpha value is -3.19. The number of carbonyl (C=O) groups excluding carboxylic acids is 1. The van der Waals surface area contributed by atoms with Gasteiger partial charge in [-0.05, 0) is 77.0 Å². The van der Waals surface area contributed by atoms with Crippen LogP contribution in [0.2, 0.25) is 0 Å². The van der Waals surface area contributed by atoms with Gasteiger partial charge < -0.3 is 29.2 Å². The van der Waals surface area contributed by atoms with Crippen molar-refractivity contribution in [3.8, 4) is 23.0 Å². The van der Waals surface area contributed by atoms with E-state index in [-0.39, 0.29) is 12.0 Å². The van der Waals surface area contributed by atoms with Crippen LogP contribution in [0.1, 0.15) is 43.4 Å². The van der Waals surface area contributed by atoms with Crippen molar-refractivity contribution >= 4 is 12.0 Å². The summed E-state index contributed by atoms with van der Waals surface area (Å²) in [5.41, 5.74) is 3.09. The number of rotatable bonds is 15. The van der Waals surface area contributed by atoms with Gasteiger partial charge in [0, 0.05) is 30.6 Å². The molecule has 0 aliphatic rings. The standard InChI is InChI=1S/C29H42N2O5/c1-21(2)36-29-22(3)25(33-5)15-13-24(29)10-8-11-28(32)30-17-9-18-31(4)19-16-23-12-14-26(34-6)27(20-23)35-7/h8,10,12-15,20-21H,9,11,16-19H2,1-7H3,(H,30,32)/b10-8+. The van der Waals surface area contributed by atoms with E-state index in [4.69, 9.17) is 18.9 Å². The van der Waals surface area contributed by atoms with Gasteiger partial charge in [-0.15, -0.1) is 0 Å². The van der Waals surface area contributed by atoms with Gasteiger partial charge in [0.25, 0.3) is 0 Å². The van der Waals surface area contributed by atoms with Crippen LogP contribution in [0.4, 0.5) is 0 Å². The Kier molecular flexibility index (Phi) is 12.1. The van der Waals surface area contributed by atoms with Crippen molar-refractivity contribution in [2.24, 2.45) is 0 Å². The molecule has 0 atom stereocenters. The van der Waals surface area contributed by atoms with Gasteiger partial charge in [-0.2, -0.15) is 0 Å². The smallest absolute Gasteiger partial charge is 0.223 e. The van der Waals surface area contributed by atoms with Gasteiger partial charge >= 0.3 is 0 Å². The van der Waals surface area contributed by atoms with Crippen molar-refractivity contribution < 1.29 is 23.7 Å². The van der Waals surface area contributed by atoms with Crippen molar-refractivity contribution in [1.29, 1.82) is 0 Å².